The molecule has 39 heavy (non-hydrogen) atoms. The quantitative estimate of drug-likeness (QED) is 0.0933. The van der Waals surface area contributed by atoms with Crippen LogP contribution >= 0.6 is 0 Å². The van der Waals surface area contributed by atoms with E-state index in [0.29, 0.717) is 0 Å². The number of carbonyl (C=O) groups excluding carboxylic acids is 1. The van der Waals surface area contributed by atoms with Crippen LogP contribution in [0.2, 0.25) is 0 Å². The predicted octanol–water partition coefficient (Wildman–Crippen LogP) is 5.61. The van der Waals surface area contributed by atoms with E-state index in [2.05, 4.69) is 75.0 Å². The number of hydrogen-bond acceptors (Lipinski definition) is 6. The largest absolute Gasteiger partial charge is 0.363 e. The Morgan fingerprint density at radius 1 is 0.949 bits per heavy atom. The van der Waals surface area contributed by atoms with Crippen LogP contribution in [-0.2, 0) is 17.9 Å². The van der Waals surface area contributed by atoms with Crippen molar-refractivity contribution >= 4 is 28.8 Å². The van der Waals surface area contributed by atoms with Crippen LogP contribution in [0, 0.1) is 0 Å². The third-order valence-electron chi connectivity index (χ3n) is 6.52. The van der Waals surface area contributed by atoms with Crippen molar-refractivity contribution in [3.63, 3.8) is 0 Å². The van der Waals surface area contributed by atoms with Crippen molar-refractivity contribution in [2.75, 3.05) is 5.32 Å². The molecule has 8 heteroatoms. The Morgan fingerprint density at radius 3 is 2.33 bits per heavy atom. The highest BCUT2D eigenvalue weighted by atomic mass is 16.5. The molecule has 0 bridgehead atoms. The molecule has 0 saturated carbocycles. The first-order chi connectivity index (χ1) is 19.1. The summed E-state index contributed by atoms with van der Waals surface area (Å²) in [6.07, 6.45) is 4.51. The highest BCUT2D eigenvalue weighted by Gasteiger charge is 2.12. The maximum Gasteiger partial charge on any atom is 0.267 e. The van der Waals surface area contributed by atoms with Crippen LogP contribution in [0.1, 0.15) is 35.2 Å². The lowest BCUT2D eigenvalue weighted by Gasteiger charge is -2.15. The molecule has 0 fully saturated rings. The third kappa shape index (κ3) is 6.56. The van der Waals surface area contributed by atoms with Crippen LogP contribution in [0.4, 0.5) is 5.82 Å². The molecule has 5 rings (SSSR count). The van der Waals surface area contributed by atoms with Crippen molar-refractivity contribution in [3.05, 3.63) is 120 Å². The van der Waals surface area contributed by atoms with E-state index >= 15 is 0 Å². The Morgan fingerprint density at radius 2 is 1.64 bits per heavy atom. The number of H-pyrrole nitrogens is 1. The van der Waals surface area contributed by atoms with E-state index in [1.165, 1.54) is 17.2 Å². The van der Waals surface area contributed by atoms with E-state index < -0.39 is 5.91 Å². The summed E-state index contributed by atoms with van der Waals surface area (Å²) in [6.45, 7) is 3.58. The first kappa shape index (κ1) is 25.8. The average Bonchev–Trinajstić information content (AvgIpc) is 3.43. The maximum absolute atomic E-state index is 11.1. The van der Waals surface area contributed by atoms with Gasteiger partial charge >= 0.3 is 0 Å². The topological polar surface area (TPSA) is 115 Å². The van der Waals surface area contributed by atoms with E-state index in [-0.39, 0.29) is 6.04 Å². The van der Waals surface area contributed by atoms with E-state index in [1.54, 1.807) is 17.9 Å². The lowest BCUT2D eigenvalue weighted by molar-refractivity contribution is -0.124. The molecule has 0 radical (unpaired) electrons. The molecular formula is C31H30N6O2. The van der Waals surface area contributed by atoms with Gasteiger partial charge in [-0.2, -0.15) is 0 Å². The Hall–Kier alpha value is -4.79. The minimum atomic E-state index is -0.555. The molecule has 1 amide bonds. The van der Waals surface area contributed by atoms with Gasteiger partial charge in [0.2, 0.25) is 0 Å². The van der Waals surface area contributed by atoms with Gasteiger partial charge < -0.3 is 15.6 Å². The van der Waals surface area contributed by atoms with Gasteiger partial charge in [0.15, 0.2) is 0 Å². The minimum absolute atomic E-state index is 0.115. The maximum atomic E-state index is 11.1. The Bertz CT molecular complexity index is 1560. The van der Waals surface area contributed by atoms with E-state index in [1.807, 2.05) is 42.5 Å². The number of nitrogens with one attached hydrogen (secondary N) is 4. The van der Waals surface area contributed by atoms with Gasteiger partial charge in [-0.1, -0.05) is 78.9 Å². The van der Waals surface area contributed by atoms with Gasteiger partial charge in [-0.3, -0.25) is 10.0 Å². The molecule has 0 spiro atoms. The van der Waals surface area contributed by atoms with Gasteiger partial charge in [-0.15, -0.1) is 0 Å². The summed E-state index contributed by atoms with van der Waals surface area (Å²) in [7, 11) is 0. The van der Waals surface area contributed by atoms with Crippen molar-refractivity contribution in [2.24, 2.45) is 0 Å². The zero-order valence-corrected chi connectivity index (χ0v) is 21.6. The molecule has 2 heterocycles. The Kier molecular flexibility index (Phi) is 8.06. The van der Waals surface area contributed by atoms with Crippen LogP contribution in [0.3, 0.4) is 0 Å². The first-order valence-corrected chi connectivity index (χ1v) is 12.8. The summed E-state index contributed by atoms with van der Waals surface area (Å²) < 4.78 is 0. The highest BCUT2D eigenvalue weighted by Crippen LogP contribution is 2.29. The molecule has 2 aromatic heterocycles. The predicted molar refractivity (Wildman–Crippen MR) is 154 cm³/mol. The number of benzene rings is 3. The molecule has 3 aromatic carbocycles. The average molecular weight is 519 g/mol. The summed E-state index contributed by atoms with van der Waals surface area (Å²) in [4.78, 5) is 23.5. The standard InChI is InChI=1S/C31H30N6O2/c1-21(25-5-3-2-4-6-25)35-30-27-17-28(36-31(27)34-20-33-30)26-14-11-24(12-15-26)19-32-18-23-9-7-22(8-10-23)13-16-29(38)37-39/h2-17,20-21,32,39H,18-19H2,1H3,(H,37,38)(H2,33,34,35,36)/b16-13+/t21-/m1/s1. The second kappa shape index (κ2) is 12.2. The summed E-state index contributed by atoms with van der Waals surface area (Å²) in [5.41, 5.74) is 8.85. The van der Waals surface area contributed by atoms with Crippen LogP contribution in [-0.4, -0.2) is 26.1 Å². The minimum Gasteiger partial charge on any atom is -0.363 e. The summed E-state index contributed by atoms with van der Waals surface area (Å²) in [6, 6.07) is 28.9. The van der Waals surface area contributed by atoms with E-state index in [0.717, 1.165) is 52.3 Å². The van der Waals surface area contributed by atoms with Crippen molar-refractivity contribution in [2.45, 2.75) is 26.1 Å². The molecule has 5 aromatic rings. The number of carbonyl (C=O) groups is 1. The highest BCUT2D eigenvalue weighted by molar-refractivity contribution is 5.92. The van der Waals surface area contributed by atoms with Gasteiger partial charge in [-0.25, -0.2) is 15.4 Å². The van der Waals surface area contributed by atoms with Crippen LogP contribution in [0.15, 0.2) is 97.3 Å². The normalized spacial score (nSPS) is 12.1. The number of nitrogens with zero attached hydrogens (tertiary/aromatic N) is 2. The van der Waals surface area contributed by atoms with Crippen LogP contribution < -0.4 is 16.1 Å². The molecule has 1 atom stereocenters. The first-order valence-electron chi connectivity index (χ1n) is 12.8. The summed E-state index contributed by atoms with van der Waals surface area (Å²) in [5.74, 6) is 0.250. The Labute approximate surface area is 226 Å². The van der Waals surface area contributed by atoms with Crippen molar-refractivity contribution < 1.29 is 10.0 Å². The van der Waals surface area contributed by atoms with E-state index in [4.69, 9.17) is 5.21 Å². The smallest absolute Gasteiger partial charge is 0.267 e. The molecule has 196 valence electrons. The number of hydrogen-bond donors (Lipinski definition) is 5. The number of amides is 1. The van der Waals surface area contributed by atoms with Crippen molar-refractivity contribution in [3.8, 4) is 11.3 Å². The molecule has 0 saturated heterocycles. The number of aromatic nitrogens is 3. The molecule has 0 aliphatic heterocycles. The monoisotopic (exact) mass is 518 g/mol. The lowest BCUT2D eigenvalue weighted by atomic mass is 10.1. The molecule has 5 N–H and O–H groups in total. The Balaban J connectivity index is 1.19. The number of anilines is 1. The van der Waals surface area contributed by atoms with Gasteiger partial charge in [0.05, 0.1) is 5.39 Å². The van der Waals surface area contributed by atoms with Crippen LogP contribution in [0.5, 0.6) is 0 Å². The summed E-state index contributed by atoms with van der Waals surface area (Å²) in [5, 5.41) is 16.5. The SMILES string of the molecule is C[C@@H](Nc1ncnc2[nH]c(-c3ccc(CNCc4ccc(/C=C/C(=O)NO)cc4)cc3)cc12)c1ccccc1. The number of fused-ring (bicyclic) bond motifs is 1. The molecule has 0 aliphatic carbocycles. The van der Waals surface area contributed by atoms with Crippen molar-refractivity contribution in [1.29, 1.82) is 0 Å². The lowest BCUT2D eigenvalue weighted by Crippen LogP contribution is -2.14. The molecular weight excluding hydrogens is 488 g/mol. The zero-order chi connectivity index (χ0) is 27.0. The number of aromatic amines is 1. The molecule has 0 unspecified atom stereocenters. The third-order valence-corrected chi connectivity index (χ3v) is 6.52. The second-order valence-electron chi connectivity index (χ2n) is 9.30. The van der Waals surface area contributed by atoms with Crippen LogP contribution in [0.25, 0.3) is 28.4 Å². The van der Waals surface area contributed by atoms with Gasteiger partial charge in [0, 0.05) is 30.9 Å². The summed E-state index contributed by atoms with van der Waals surface area (Å²) >= 11 is 0. The fourth-order valence-electron chi connectivity index (χ4n) is 4.35. The number of rotatable bonds is 10. The van der Waals surface area contributed by atoms with Crippen molar-refractivity contribution in [1.82, 2.24) is 25.7 Å². The second-order valence-corrected chi connectivity index (χ2v) is 9.30. The van der Waals surface area contributed by atoms with Gasteiger partial charge in [-0.05, 0) is 46.9 Å². The number of hydroxylamine groups is 1. The fourth-order valence-corrected chi connectivity index (χ4v) is 4.35. The zero-order valence-electron chi connectivity index (χ0n) is 21.6. The fraction of sp³-hybridized carbons (Fsp3) is 0.129. The molecule has 8 nitrogen and oxygen atoms in total. The van der Waals surface area contributed by atoms with Gasteiger partial charge in [0.1, 0.15) is 17.8 Å². The molecule has 0 aliphatic rings. The van der Waals surface area contributed by atoms with Gasteiger partial charge in [0.25, 0.3) is 5.91 Å². The van der Waals surface area contributed by atoms with E-state index in [9.17, 15) is 4.79 Å².